The van der Waals surface area contributed by atoms with Crippen LogP contribution in [0, 0.1) is 0 Å². The first-order chi connectivity index (χ1) is 10.2. The molecule has 0 amide bonds. The lowest BCUT2D eigenvalue weighted by molar-refractivity contribution is 0.260. The standard InChI is InChI=1S/C12H19N9/c1-20-5-2-3-9(7-20)15-10-16-11(19-13)18-12(17-10)21-6-4-14-8-21/h4,6,8-9H,2-3,5,7,13H2,1H3,(H2,15,16,17,18,19). The predicted molar refractivity (Wildman–Crippen MR) is 78.9 cm³/mol. The number of piperidine rings is 1. The van der Waals surface area contributed by atoms with Gasteiger partial charge in [0.25, 0.3) is 0 Å². The van der Waals surface area contributed by atoms with Crippen LogP contribution < -0.4 is 16.6 Å². The fourth-order valence-electron chi connectivity index (χ4n) is 2.45. The summed E-state index contributed by atoms with van der Waals surface area (Å²) in [5.74, 6) is 6.74. The zero-order chi connectivity index (χ0) is 14.7. The number of hydrogen-bond donors (Lipinski definition) is 3. The van der Waals surface area contributed by atoms with Crippen molar-refractivity contribution in [2.75, 3.05) is 30.9 Å². The number of rotatable bonds is 4. The third-order valence-corrected chi connectivity index (χ3v) is 3.45. The fraction of sp³-hybridized carbons (Fsp3) is 0.500. The lowest BCUT2D eigenvalue weighted by Crippen LogP contribution is -2.40. The van der Waals surface area contributed by atoms with Crippen molar-refractivity contribution in [3.05, 3.63) is 18.7 Å². The van der Waals surface area contributed by atoms with E-state index in [4.69, 9.17) is 5.84 Å². The summed E-state index contributed by atoms with van der Waals surface area (Å²) >= 11 is 0. The molecule has 3 heterocycles. The Hall–Kier alpha value is -2.26. The van der Waals surface area contributed by atoms with Gasteiger partial charge in [-0.3, -0.25) is 9.99 Å². The first-order valence-corrected chi connectivity index (χ1v) is 6.90. The summed E-state index contributed by atoms with van der Waals surface area (Å²) < 4.78 is 1.71. The molecule has 1 atom stereocenters. The molecule has 1 unspecified atom stereocenters. The summed E-state index contributed by atoms with van der Waals surface area (Å²) in [7, 11) is 2.12. The Labute approximate surface area is 122 Å². The lowest BCUT2D eigenvalue weighted by Gasteiger charge is -2.30. The molecule has 0 bridgehead atoms. The highest BCUT2D eigenvalue weighted by Gasteiger charge is 2.18. The average Bonchev–Trinajstić information content (AvgIpc) is 3.01. The molecule has 0 radical (unpaired) electrons. The highest BCUT2D eigenvalue weighted by molar-refractivity contribution is 5.38. The van der Waals surface area contributed by atoms with E-state index >= 15 is 0 Å². The van der Waals surface area contributed by atoms with Gasteiger partial charge in [0.1, 0.15) is 6.33 Å². The van der Waals surface area contributed by atoms with Crippen LogP contribution >= 0.6 is 0 Å². The molecule has 3 rings (SSSR count). The van der Waals surface area contributed by atoms with Crippen LogP contribution in [0.25, 0.3) is 5.95 Å². The molecule has 0 aromatic carbocycles. The van der Waals surface area contributed by atoms with Gasteiger partial charge in [-0.15, -0.1) is 0 Å². The molecule has 1 saturated heterocycles. The van der Waals surface area contributed by atoms with E-state index in [1.807, 2.05) is 0 Å². The maximum Gasteiger partial charge on any atom is 0.243 e. The molecule has 0 aliphatic carbocycles. The number of aromatic nitrogens is 5. The van der Waals surface area contributed by atoms with E-state index in [1.54, 1.807) is 23.3 Å². The van der Waals surface area contributed by atoms with Gasteiger partial charge < -0.3 is 10.2 Å². The highest BCUT2D eigenvalue weighted by atomic mass is 15.4. The van der Waals surface area contributed by atoms with E-state index in [0.29, 0.717) is 23.9 Å². The SMILES string of the molecule is CN1CCCC(Nc2nc(NN)nc(-n3ccnc3)n2)C1. The zero-order valence-electron chi connectivity index (χ0n) is 11.9. The minimum Gasteiger partial charge on any atom is -0.350 e. The van der Waals surface area contributed by atoms with E-state index < -0.39 is 0 Å². The van der Waals surface area contributed by atoms with Gasteiger partial charge in [0.05, 0.1) is 0 Å². The maximum atomic E-state index is 5.43. The van der Waals surface area contributed by atoms with E-state index in [-0.39, 0.29) is 0 Å². The number of hydrazine groups is 1. The maximum absolute atomic E-state index is 5.43. The number of anilines is 2. The van der Waals surface area contributed by atoms with Gasteiger partial charge in [-0.05, 0) is 26.4 Å². The molecule has 2 aromatic rings. The van der Waals surface area contributed by atoms with Gasteiger partial charge in [0.2, 0.25) is 17.8 Å². The molecule has 1 aliphatic heterocycles. The smallest absolute Gasteiger partial charge is 0.243 e. The fourth-order valence-corrected chi connectivity index (χ4v) is 2.45. The Kier molecular flexibility index (Phi) is 3.93. The van der Waals surface area contributed by atoms with Crippen LogP contribution in [0.5, 0.6) is 0 Å². The van der Waals surface area contributed by atoms with Crippen molar-refractivity contribution < 1.29 is 0 Å². The van der Waals surface area contributed by atoms with Crippen molar-refractivity contribution in [1.82, 2.24) is 29.4 Å². The second kappa shape index (κ2) is 6.02. The van der Waals surface area contributed by atoms with Gasteiger partial charge in [0, 0.05) is 25.0 Å². The van der Waals surface area contributed by atoms with Crippen molar-refractivity contribution in [2.45, 2.75) is 18.9 Å². The second-order valence-corrected chi connectivity index (χ2v) is 5.14. The van der Waals surface area contributed by atoms with Crippen molar-refractivity contribution in [3.63, 3.8) is 0 Å². The van der Waals surface area contributed by atoms with Crippen molar-refractivity contribution in [2.24, 2.45) is 5.84 Å². The van der Waals surface area contributed by atoms with Crippen LogP contribution in [-0.4, -0.2) is 55.6 Å². The Morgan fingerprint density at radius 3 is 2.86 bits per heavy atom. The number of imidazole rings is 1. The zero-order valence-corrected chi connectivity index (χ0v) is 11.9. The molecule has 1 fully saturated rings. The highest BCUT2D eigenvalue weighted by Crippen LogP contribution is 2.14. The molecule has 0 saturated carbocycles. The third kappa shape index (κ3) is 3.26. The van der Waals surface area contributed by atoms with Crippen LogP contribution in [0.15, 0.2) is 18.7 Å². The van der Waals surface area contributed by atoms with Crippen LogP contribution in [0.3, 0.4) is 0 Å². The number of nitrogens with two attached hydrogens (primary N) is 1. The van der Waals surface area contributed by atoms with E-state index in [1.165, 1.54) is 0 Å². The van der Waals surface area contributed by atoms with Gasteiger partial charge in [-0.25, -0.2) is 10.8 Å². The molecule has 112 valence electrons. The normalized spacial score (nSPS) is 19.4. The minimum atomic E-state index is 0.320. The first kappa shape index (κ1) is 13.7. The summed E-state index contributed by atoms with van der Waals surface area (Å²) in [5.41, 5.74) is 2.47. The largest absolute Gasteiger partial charge is 0.350 e. The van der Waals surface area contributed by atoms with Crippen LogP contribution in [0.1, 0.15) is 12.8 Å². The molecule has 0 spiro atoms. The second-order valence-electron chi connectivity index (χ2n) is 5.14. The summed E-state index contributed by atoms with van der Waals surface area (Å²) in [6.07, 6.45) is 7.33. The topological polar surface area (TPSA) is 110 Å². The van der Waals surface area contributed by atoms with Crippen LogP contribution in [-0.2, 0) is 0 Å². The molecule has 4 N–H and O–H groups in total. The number of hydrogen-bond acceptors (Lipinski definition) is 8. The van der Waals surface area contributed by atoms with Gasteiger partial charge in [-0.2, -0.15) is 15.0 Å². The Morgan fingerprint density at radius 2 is 2.14 bits per heavy atom. The molecule has 9 nitrogen and oxygen atoms in total. The molecular weight excluding hydrogens is 270 g/mol. The number of nitrogens with zero attached hydrogens (tertiary/aromatic N) is 6. The number of likely N-dealkylation sites (tertiary alicyclic amines) is 1. The molecule has 1 aliphatic rings. The number of likely N-dealkylation sites (N-methyl/N-ethyl adjacent to an activating group) is 1. The molecule has 2 aromatic heterocycles. The monoisotopic (exact) mass is 289 g/mol. The first-order valence-electron chi connectivity index (χ1n) is 6.90. The number of nitrogen functional groups attached to an aromatic ring is 1. The summed E-state index contributed by atoms with van der Waals surface area (Å²) in [4.78, 5) is 19.2. The van der Waals surface area contributed by atoms with E-state index in [9.17, 15) is 0 Å². The number of nitrogens with one attached hydrogen (secondary N) is 2. The lowest BCUT2D eigenvalue weighted by atomic mass is 10.1. The third-order valence-electron chi connectivity index (χ3n) is 3.45. The minimum absolute atomic E-state index is 0.320. The summed E-state index contributed by atoms with van der Waals surface area (Å²) in [5, 5.41) is 3.36. The quantitative estimate of drug-likeness (QED) is 0.526. The van der Waals surface area contributed by atoms with Crippen LogP contribution in [0.2, 0.25) is 0 Å². The van der Waals surface area contributed by atoms with Crippen molar-refractivity contribution in [1.29, 1.82) is 0 Å². The van der Waals surface area contributed by atoms with Gasteiger partial charge >= 0.3 is 0 Å². The van der Waals surface area contributed by atoms with E-state index in [0.717, 1.165) is 25.9 Å². The predicted octanol–water partition coefficient (Wildman–Crippen LogP) is -0.151. The molecule has 21 heavy (non-hydrogen) atoms. The molecule has 9 heteroatoms. The van der Waals surface area contributed by atoms with E-state index in [2.05, 4.69) is 42.6 Å². The van der Waals surface area contributed by atoms with Gasteiger partial charge in [0.15, 0.2) is 0 Å². The Balaban J connectivity index is 1.82. The van der Waals surface area contributed by atoms with Crippen molar-refractivity contribution >= 4 is 11.9 Å². The summed E-state index contributed by atoms with van der Waals surface area (Å²) in [6, 6.07) is 0.326. The summed E-state index contributed by atoms with van der Waals surface area (Å²) in [6.45, 7) is 2.10. The van der Waals surface area contributed by atoms with Gasteiger partial charge in [-0.1, -0.05) is 0 Å². The Morgan fingerprint density at radius 1 is 1.29 bits per heavy atom. The van der Waals surface area contributed by atoms with Crippen LogP contribution in [0.4, 0.5) is 11.9 Å². The van der Waals surface area contributed by atoms with Crippen molar-refractivity contribution in [3.8, 4) is 5.95 Å². The molecular formula is C12H19N9. The Bertz CT molecular complexity index is 582. The average molecular weight is 289 g/mol.